The van der Waals surface area contributed by atoms with Crippen molar-refractivity contribution < 1.29 is 19.1 Å². The summed E-state index contributed by atoms with van der Waals surface area (Å²) in [6.07, 6.45) is 4.07. The number of nitrogens with zero attached hydrogens (tertiary/aromatic N) is 2. The Balaban J connectivity index is 1.32. The van der Waals surface area contributed by atoms with Crippen LogP contribution in [0.25, 0.3) is 0 Å². The van der Waals surface area contributed by atoms with E-state index in [1.165, 1.54) is 7.11 Å². The van der Waals surface area contributed by atoms with Crippen molar-refractivity contribution in [2.24, 2.45) is 0 Å². The minimum Gasteiger partial charge on any atom is -0.496 e. The molecule has 0 fully saturated rings. The van der Waals surface area contributed by atoms with Crippen LogP contribution in [-0.4, -0.2) is 42.9 Å². The van der Waals surface area contributed by atoms with Gasteiger partial charge in [0.1, 0.15) is 5.75 Å². The number of aromatic nitrogens is 1. The van der Waals surface area contributed by atoms with E-state index in [2.05, 4.69) is 15.6 Å². The van der Waals surface area contributed by atoms with Crippen LogP contribution in [0.1, 0.15) is 57.2 Å². The number of fused-ring (bicyclic) bond motifs is 1. The van der Waals surface area contributed by atoms with E-state index in [0.717, 1.165) is 17.7 Å². The summed E-state index contributed by atoms with van der Waals surface area (Å²) >= 11 is 12.6. The quantitative estimate of drug-likeness (QED) is 0.209. The molecule has 44 heavy (non-hydrogen) atoms. The largest absolute Gasteiger partial charge is 0.496 e. The van der Waals surface area contributed by atoms with E-state index >= 15 is 0 Å². The summed E-state index contributed by atoms with van der Waals surface area (Å²) in [5, 5.41) is 6.69. The first kappa shape index (κ1) is 31.0. The second-order valence-corrected chi connectivity index (χ2v) is 11.3. The predicted octanol–water partition coefficient (Wildman–Crippen LogP) is 6.92. The fourth-order valence-electron chi connectivity index (χ4n) is 5.40. The van der Waals surface area contributed by atoms with Gasteiger partial charge in [-0.25, -0.2) is 0 Å². The van der Waals surface area contributed by atoms with Crippen molar-refractivity contribution >= 4 is 52.3 Å². The molecular formula is C34H32Cl2N4O4. The minimum absolute atomic E-state index is 0.0623. The standard InChI is InChI=1S/C34H32Cl2N4O4/c1-44-31-21-25(39-33(42)26-9-2-3-10-29(26)36)12-13-27(31)34(43)40-18-6-7-22(28-20-23(35)11-14-30(28)40)19-32(41)38-17-15-24-8-4-5-16-37-24/h2-5,8-14,16,20-22H,6-7,15,17-19H2,1H3,(H,38,41)(H,39,42). The van der Waals surface area contributed by atoms with Gasteiger partial charge in [0, 0.05) is 60.3 Å². The van der Waals surface area contributed by atoms with Gasteiger partial charge in [-0.2, -0.15) is 0 Å². The lowest BCUT2D eigenvalue weighted by Crippen LogP contribution is -2.32. The SMILES string of the molecule is COc1cc(NC(=O)c2ccccc2Cl)ccc1C(=O)N1CCCC(CC(=O)NCCc2ccccn2)c2cc(Cl)ccc21. The number of benzene rings is 3. The number of methoxy groups -OCH3 is 1. The van der Waals surface area contributed by atoms with Gasteiger partial charge >= 0.3 is 0 Å². The van der Waals surface area contributed by atoms with Gasteiger partial charge < -0.3 is 20.3 Å². The summed E-state index contributed by atoms with van der Waals surface area (Å²) < 4.78 is 5.59. The molecule has 0 spiro atoms. The molecule has 1 aromatic heterocycles. The highest BCUT2D eigenvalue weighted by Crippen LogP contribution is 2.39. The molecule has 3 amide bonds. The average molecular weight is 632 g/mol. The highest BCUT2D eigenvalue weighted by Gasteiger charge is 2.30. The lowest BCUT2D eigenvalue weighted by Gasteiger charge is -2.25. The second-order valence-electron chi connectivity index (χ2n) is 10.5. The van der Waals surface area contributed by atoms with Crippen molar-refractivity contribution in [2.75, 3.05) is 30.4 Å². The zero-order valence-electron chi connectivity index (χ0n) is 24.2. The third-order valence-corrected chi connectivity index (χ3v) is 8.13. The van der Waals surface area contributed by atoms with Gasteiger partial charge in [0.2, 0.25) is 5.91 Å². The first-order valence-electron chi connectivity index (χ1n) is 14.4. The van der Waals surface area contributed by atoms with Crippen LogP contribution in [-0.2, 0) is 11.2 Å². The lowest BCUT2D eigenvalue weighted by molar-refractivity contribution is -0.121. The Labute approximate surface area is 266 Å². The van der Waals surface area contributed by atoms with Crippen molar-refractivity contribution in [3.05, 3.63) is 117 Å². The average Bonchev–Trinajstić information content (AvgIpc) is 3.20. The third-order valence-electron chi connectivity index (χ3n) is 7.57. The molecule has 3 aromatic carbocycles. The van der Waals surface area contributed by atoms with Crippen LogP contribution >= 0.6 is 23.2 Å². The van der Waals surface area contributed by atoms with Gasteiger partial charge in [0.15, 0.2) is 0 Å². The molecular weight excluding hydrogens is 599 g/mol. The highest BCUT2D eigenvalue weighted by atomic mass is 35.5. The van der Waals surface area contributed by atoms with E-state index in [1.807, 2.05) is 30.3 Å². The second kappa shape index (κ2) is 14.4. The van der Waals surface area contributed by atoms with Crippen molar-refractivity contribution in [3.8, 4) is 5.75 Å². The van der Waals surface area contributed by atoms with Crippen molar-refractivity contribution in [2.45, 2.75) is 31.6 Å². The molecule has 226 valence electrons. The van der Waals surface area contributed by atoms with Gasteiger partial charge in [0.25, 0.3) is 11.8 Å². The van der Waals surface area contributed by atoms with Gasteiger partial charge in [0.05, 0.1) is 23.3 Å². The van der Waals surface area contributed by atoms with Crippen LogP contribution in [0.5, 0.6) is 5.75 Å². The predicted molar refractivity (Wildman–Crippen MR) is 173 cm³/mol. The van der Waals surface area contributed by atoms with Crippen LogP contribution < -0.4 is 20.3 Å². The van der Waals surface area contributed by atoms with Crippen molar-refractivity contribution in [3.63, 3.8) is 0 Å². The maximum absolute atomic E-state index is 14.0. The summed E-state index contributed by atoms with van der Waals surface area (Å²) in [6.45, 7) is 0.948. The fourth-order valence-corrected chi connectivity index (χ4v) is 5.80. The maximum atomic E-state index is 14.0. The molecule has 0 bridgehead atoms. The lowest BCUT2D eigenvalue weighted by atomic mass is 9.90. The number of rotatable bonds is 9. The van der Waals surface area contributed by atoms with E-state index in [0.29, 0.717) is 64.2 Å². The molecule has 0 saturated heterocycles. The molecule has 0 saturated carbocycles. The normalized spacial score (nSPS) is 14.2. The van der Waals surface area contributed by atoms with Gasteiger partial charge in [-0.05, 0) is 78.9 Å². The molecule has 5 rings (SSSR count). The number of carbonyl (C=O) groups is 3. The van der Waals surface area contributed by atoms with Gasteiger partial charge in [-0.3, -0.25) is 19.4 Å². The third kappa shape index (κ3) is 7.38. The van der Waals surface area contributed by atoms with E-state index in [4.69, 9.17) is 27.9 Å². The summed E-state index contributed by atoms with van der Waals surface area (Å²) in [7, 11) is 1.48. The summed E-state index contributed by atoms with van der Waals surface area (Å²) in [4.78, 5) is 45.8. The molecule has 4 aromatic rings. The van der Waals surface area contributed by atoms with Crippen LogP contribution in [0.3, 0.4) is 0 Å². The number of hydrogen-bond donors (Lipinski definition) is 2. The Bertz CT molecular complexity index is 1660. The molecule has 0 aliphatic carbocycles. The number of hydrogen-bond acceptors (Lipinski definition) is 5. The summed E-state index contributed by atoms with van der Waals surface area (Å²) in [5.74, 6) is -0.486. The monoisotopic (exact) mass is 630 g/mol. The topological polar surface area (TPSA) is 101 Å². The maximum Gasteiger partial charge on any atom is 0.262 e. The van der Waals surface area contributed by atoms with E-state index in [9.17, 15) is 14.4 Å². The van der Waals surface area contributed by atoms with Crippen LogP contribution in [0.15, 0.2) is 85.1 Å². The molecule has 2 N–H and O–H groups in total. The molecule has 0 radical (unpaired) electrons. The zero-order chi connectivity index (χ0) is 31.1. The van der Waals surface area contributed by atoms with Crippen LogP contribution in [0.4, 0.5) is 11.4 Å². The Morgan fingerprint density at radius 3 is 2.57 bits per heavy atom. The highest BCUT2D eigenvalue weighted by molar-refractivity contribution is 6.34. The molecule has 1 aliphatic rings. The van der Waals surface area contributed by atoms with Gasteiger partial charge in [-0.15, -0.1) is 0 Å². The summed E-state index contributed by atoms with van der Waals surface area (Å²) in [6, 6.07) is 22.8. The molecule has 1 atom stereocenters. The number of pyridine rings is 1. The molecule has 8 nitrogen and oxygen atoms in total. The van der Waals surface area contributed by atoms with Crippen LogP contribution in [0.2, 0.25) is 10.0 Å². The van der Waals surface area contributed by atoms with Gasteiger partial charge in [-0.1, -0.05) is 41.4 Å². The summed E-state index contributed by atoms with van der Waals surface area (Å²) in [5.41, 5.74) is 3.62. The number of nitrogens with one attached hydrogen (secondary N) is 2. The number of ether oxygens (including phenoxy) is 1. The van der Waals surface area contributed by atoms with E-state index < -0.39 is 0 Å². The van der Waals surface area contributed by atoms with Crippen molar-refractivity contribution in [1.29, 1.82) is 0 Å². The molecule has 2 heterocycles. The van der Waals surface area contributed by atoms with E-state index in [-0.39, 0.29) is 30.1 Å². The van der Waals surface area contributed by atoms with Crippen LogP contribution in [0, 0.1) is 0 Å². The number of halogens is 2. The zero-order valence-corrected chi connectivity index (χ0v) is 25.7. The number of carbonyl (C=O) groups excluding carboxylic acids is 3. The number of anilines is 2. The Kier molecular flexibility index (Phi) is 10.1. The molecule has 1 unspecified atom stereocenters. The molecule has 10 heteroatoms. The molecule has 1 aliphatic heterocycles. The fraction of sp³-hybridized carbons (Fsp3) is 0.235. The number of amides is 3. The smallest absolute Gasteiger partial charge is 0.262 e. The first-order chi connectivity index (χ1) is 21.3. The Morgan fingerprint density at radius 2 is 1.80 bits per heavy atom. The van der Waals surface area contributed by atoms with Crippen molar-refractivity contribution in [1.82, 2.24) is 10.3 Å². The minimum atomic E-state index is -0.373. The van der Waals surface area contributed by atoms with E-state index in [1.54, 1.807) is 59.6 Å². The first-order valence-corrected chi connectivity index (χ1v) is 15.1. The Hall–Kier alpha value is -4.40. The Morgan fingerprint density at radius 1 is 0.977 bits per heavy atom.